The number of allylic oxidation sites excluding steroid dienone is 4. The molecule has 0 saturated carbocycles. The number of esters is 1. The molecular weight excluding hydrogens is 677 g/mol. The lowest BCUT2D eigenvalue weighted by Gasteiger charge is -2.16. The van der Waals surface area contributed by atoms with E-state index < -0.39 is 6.10 Å². The number of hydrogen-bond donors (Lipinski definition) is 1. The third-order valence-electron chi connectivity index (χ3n) is 11.3. The molecule has 0 aromatic heterocycles. The standard InChI is InChI=1S/C51H98O4/c1-3-5-7-9-11-13-15-17-19-21-22-23-24-25-26-27-28-29-31-33-35-37-39-41-43-45-47-54-49-50(48-52)55-51(53)46-44-42-40-38-36-34-32-30-20-18-16-14-12-10-8-6-4-2/h15,17,21-22,50,52H,3-14,16,18-20,23-49H2,1-2H3/b17-15-,22-21-. The summed E-state index contributed by atoms with van der Waals surface area (Å²) in [4.78, 5) is 12.2. The Morgan fingerprint density at radius 3 is 1.13 bits per heavy atom. The van der Waals surface area contributed by atoms with Gasteiger partial charge in [0.15, 0.2) is 0 Å². The Kier molecular flexibility index (Phi) is 48.0. The lowest BCUT2D eigenvalue weighted by molar-refractivity contribution is -0.154. The van der Waals surface area contributed by atoms with Crippen molar-refractivity contribution in [3.8, 4) is 0 Å². The molecule has 0 spiro atoms. The van der Waals surface area contributed by atoms with Gasteiger partial charge in [0.05, 0.1) is 13.2 Å². The van der Waals surface area contributed by atoms with Crippen molar-refractivity contribution in [2.24, 2.45) is 0 Å². The highest BCUT2D eigenvalue weighted by Gasteiger charge is 2.13. The SMILES string of the molecule is CCCCCCC/C=C\C/C=C\CCCCCCCCCCCCCCCCOCC(CO)OC(=O)CCCCCCCCCCCCCCCCCCC. The van der Waals surface area contributed by atoms with E-state index in [-0.39, 0.29) is 12.6 Å². The molecule has 1 N–H and O–H groups in total. The maximum absolute atomic E-state index is 12.2. The van der Waals surface area contributed by atoms with Crippen molar-refractivity contribution in [2.45, 2.75) is 277 Å². The summed E-state index contributed by atoms with van der Waals surface area (Å²) in [5.74, 6) is -0.194. The van der Waals surface area contributed by atoms with Crippen LogP contribution in [-0.2, 0) is 14.3 Å². The number of ether oxygens (including phenoxy) is 2. The average Bonchev–Trinajstić information content (AvgIpc) is 3.19. The van der Waals surface area contributed by atoms with Crippen molar-refractivity contribution < 1.29 is 19.4 Å². The first-order valence-electron chi connectivity index (χ1n) is 24.9. The van der Waals surface area contributed by atoms with Crippen molar-refractivity contribution >= 4 is 5.97 Å². The summed E-state index contributed by atoms with van der Waals surface area (Å²) < 4.78 is 11.2. The third-order valence-corrected chi connectivity index (χ3v) is 11.3. The molecule has 0 aliphatic rings. The highest BCUT2D eigenvalue weighted by molar-refractivity contribution is 5.69. The molecular formula is C51H98O4. The van der Waals surface area contributed by atoms with Crippen LogP contribution in [0.3, 0.4) is 0 Å². The van der Waals surface area contributed by atoms with E-state index >= 15 is 0 Å². The topological polar surface area (TPSA) is 55.8 Å². The fourth-order valence-electron chi connectivity index (χ4n) is 7.54. The molecule has 0 amide bonds. The predicted molar refractivity (Wildman–Crippen MR) is 242 cm³/mol. The molecule has 0 aromatic carbocycles. The van der Waals surface area contributed by atoms with Gasteiger partial charge in [0.25, 0.3) is 0 Å². The van der Waals surface area contributed by atoms with Crippen LogP contribution in [0.5, 0.6) is 0 Å². The van der Waals surface area contributed by atoms with Gasteiger partial charge in [-0.2, -0.15) is 0 Å². The lowest BCUT2D eigenvalue weighted by Crippen LogP contribution is -2.27. The molecule has 0 rings (SSSR count). The highest BCUT2D eigenvalue weighted by Crippen LogP contribution is 2.16. The first-order valence-corrected chi connectivity index (χ1v) is 24.9. The predicted octanol–water partition coefficient (Wildman–Crippen LogP) is 16.7. The van der Waals surface area contributed by atoms with Gasteiger partial charge in [-0.15, -0.1) is 0 Å². The third kappa shape index (κ3) is 47.1. The van der Waals surface area contributed by atoms with Gasteiger partial charge in [0, 0.05) is 13.0 Å². The Bertz CT molecular complexity index is 777. The molecule has 0 radical (unpaired) electrons. The van der Waals surface area contributed by atoms with Gasteiger partial charge in [-0.3, -0.25) is 4.79 Å². The summed E-state index contributed by atoms with van der Waals surface area (Å²) in [6.07, 6.45) is 61.2. The minimum atomic E-state index is -0.530. The summed E-state index contributed by atoms with van der Waals surface area (Å²) in [6.45, 7) is 5.38. The van der Waals surface area contributed by atoms with Crippen molar-refractivity contribution in [3.05, 3.63) is 24.3 Å². The fraction of sp³-hybridized carbons (Fsp3) is 0.902. The zero-order chi connectivity index (χ0) is 39.8. The van der Waals surface area contributed by atoms with E-state index in [0.717, 1.165) is 25.7 Å². The summed E-state index contributed by atoms with van der Waals surface area (Å²) >= 11 is 0. The molecule has 0 heterocycles. The molecule has 1 atom stereocenters. The smallest absolute Gasteiger partial charge is 0.306 e. The van der Waals surface area contributed by atoms with Crippen LogP contribution in [0.1, 0.15) is 271 Å². The second-order valence-electron chi connectivity index (χ2n) is 16.9. The quantitative estimate of drug-likeness (QED) is 0.0380. The van der Waals surface area contributed by atoms with Crippen LogP contribution in [0, 0.1) is 0 Å². The van der Waals surface area contributed by atoms with E-state index in [1.165, 1.54) is 225 Å². The summed E-state index contributed by atoms with van der Waals surface area (Å²) in [5.41, 5.74) is 0. The first-order chi connectivity index (χ1) is 27.2. The van der Waals surface area contributed by atoms with Gasteiger partial charge < -0.3 is 14.6 Å². The number of aliphatic hydroxyl groups is 1. The second kappa shape index (κ2) is 49.0. The Labute approximate surface area is 345 Å². The minimum Gasteiger partial charge on any atom is -0.457 e. The van der Waals surface area contributed by atoms with Crippen molar-refractivity contribution in [1.29, 1.82) is 0 Å². The molecule has 0 saturated heterocycles. The van der Waals surface area contributed by atoms with Crippen LogP contribution < -0.4 is 0 Å². The van der Waals surface area contributed by atoms with E-state index in [4.69, 9.17) is 9.47 Å². The molecule has 4 nitrogen and oxygen atoms in total. The van der Waals surface area contributed by atoms with Gasteiger partial charge in [-0.25, -0.2) is 0 Å². The zero-order valence-electron chi connectivity index (χ0n) is 37.5. The number of aliphatic hydroxyl groups excluding tert-OH is 1. The molecule has 0 fully saturated rings. The second-order valence-corrected chi connectivity index (χ2v) is 16.9. The molecule has 0 bridgehead atoms. The summed E-state index contributed by atoms with van der Waals surface area (Å²) in [5, 5.41) is 9.64. The number of rotatable bonds is 47. The molecule has 326 valence electrons. The van der Waals surface area contributed by atoms with E-state index in [1.54, 1.807) is 0 Å². The Morgan fingerprint density at radius 1 is 0.436 bits per heavy atom. The van der Waals surface area contributed by atoms with E-state index in [2.05, 4.69) is 38.2 Å². The highest BCUT2D eigenvalue weighted by atomic mass is 16.6. The molecule has 55 heavy (non-hydrogen) atoms. The summed E-state index contributed by atoms with van der Waals surface area (Å²) in [6, 6.07) is 0. The number of carbonyl (C=O) groups is 1. The monoisotopic (exact) mass is 775 g/mol. The van der Waals surface area contributed by atoms with Gasteiger partial charge in [0.1, 0.15) is 6.10 Å². The normalized spacial score (nSPS) is 12.4. The van der Waals surface area contributed by atoms with Crippen LogP contribution >= 0.6 is 0 Å². The Balaban J connectivity index is 3.36. The van der Waals surface area contributed by atoms with Gasteiger partial charge in [0.2, 0.25) is 0 Å². The molecule has 0 aliphatic heterocycles. The molecule has 0 aromatic rings. The Morgan fingerprint density at radius 2 is 0.764 bits per heavy atom. The van der Waals surface area contributed by atoms with Gasteiger partial charge in [-0.1, -0.05) is 244 Å². The van der Waals surface area contributed by atoms with Gasteiger partial charge in [-0.05, 0) is 44.9 Å². The van der Waals surface area contributed by atoms with Crippen molar-refractivity contribution in [1.82, 2.24) is 0 Å². The molecule has 1 unspecified atom stereocenters. The Hall–Kier alpha value is -1.13. The number of carbonyl (C=O) groups excluding carboxylic acids is 1. The molecule has 0 aliphatic carbocycles. The largest absolute Gasteiger partial charge is 0.457 e. The van der Waals surface area contributed by atoms with Crippen molar-refractivity contribution in [3.63, 3.8) is 0 Å². The maximum atomic E-state index is 12.2. The lowest BCUT2D eigenvalue weighted by atomic mass is 10.0. The van der Waals surface area contributed by atoms with E-state index in [0.29, 0.717) is 19.6 Å². The van der Waals surface area contributed by atoms with E-state index in [1.807, 2.05) is 0 Å². The fourth-order valence-corrected chi connectivity index (χ4v) is 7.54. The van der Waals surface area contributed by atoms with Gasteiger partial charge >= 0.3 is 5.97 Å². The van der Waals surface area contributed by atoms with E-state index in [9.17, 15) is 9.90 Å². The zero-order valence-corrected chi connectivity index (χ0v) is 37.5. The minimum absolute atomic E-state index is 0.166. The van der Waals surface area contributed by atoms with Crippen LogP contribution in [0.25, 0.3) is 0 Å². The van der Waals surface area contributed by atoms with Crippen LogP contribution in [0.4, 0.5) is 0 Å². The van der Waals surface area contributed by atoms with Crippen LogP contribution in [0.2, 0.25) is 0 Å². The maximum Gasteiger partial charge on any atom is 0.306 e. The first kappa shape index (κ1) is 53.9. The molecule has 4 heteroatoms. The number of unbranched alkanes of at least 4 members (excludes halogenated alkanes) is 35. The average molecular weight is 775 g/mol. The van der Waals surface area contributed by atoms with Crippen molar-refractivity contribution in [2.75, 3.05) is 19.8 Å². The van der Waals surface area contributed by atoms with Crippen LogP contribution in [0.15, 0.2) is 24.3 Å². The number of hydrogen-bond acceptors (Lipinski definition) is 4. The van der Waals surface area contributed by atoms with Crippen LogP contribution in [-0.4, -0.2) is 37.0 Å². The summed E-state index contributed by atoms with van der Waals surface area (Å²) in [7, 11) is 0.